The number of benzene rings is 3. The van der Waals surface area contributed by atoms with Crippen LogP contribution >= 0.6 is 0 Å². The van der Waals surface area contributed by atoms with Crippen LogP contribution < -0.4 is 10.2 Å². The van der Waals surface area contributed by atoms with E-state index >= 15 is 0 Å². The number of hydrogen-bond acceptors (Lipinski definition) is 4. The molecule has 2 aliphatic rings. The Labute approximate surface area is 189 Å². The molecule has 0 radical (unpaired) electrons. The van der Waals surface area contributed by atoms with Gasteiger partial charge in [-0.15, -0.1) is 0 Å². The third kappa shape index (κ3) is 4.85. The molecule has 1 fully saturated rings. The van der Waals surface area contributed by atoms with Gasteiger partial charge in [-0.25, -0.2) is 0 Å². The number of morpholine rings is 1. The minimum Gasteiger partial charge on any atom is -0.379 e. The first-order valence-electron chi connectivity index (χ1n) is 11.4. The number of rotatable bonds is 5. The number of fused-ring (bicyclic) bond motifs is 1. The average molecular weight is 428 g/mol. The van der Waals surface area contributed by atoms with E-state index in [9.17, 15) is 4.79 Å². The Morgan fingerprint density at radius 2 is 1.66 bits per heavy atom. The largest absolute Gasteiger partial charge is 0.379 e. The highest BCUT2D eigenvalue weighted by Gasteiger charge is 2.17. The lowest BCUT2D eigenvalue weighted by atomic mass is 9.99. The van der Waals surface area contributed by atoms with Crippen molar-refractivity contribution in [2.45, 2.75) is 19.5 Å². The van der Waals surface area contributed by atoms with Gasteiger partial charge in [0.15, 0.2) is 0 Å². The van der Waals surface area contributed by atoms with Crippen molar-refractivity contribution in [1.29, 1.82) is 0 Å². The molecule has 3 aromatic rings. The molecule has 5 nitrogen and oxygen atoms in total. The zero-order chi connectivity index (χ0) is 21.8. The van der Waals surface area contributed by atoms with Crippen LogP contribution in [0.15, 0.2) is 72.8 Å². The predicted molar refractivity (Wildman–Crippen MR) is 128 cm³/mol. The second-order valence-electron chi connectivity index (χ2n) is 8.53. The van der Waals surface area contributed by atoms with Gasteiger partial charge in [-0.2, -0.15) is 0 Å². The maximum absolute atomic E-state index is 12.8. The topological polar surface area (TPSA) is 44.8 Å². The number of amides is 1. The minimum atomic E-state index is -0.0796. The SMILES string of the molecule is O=C(Nc1cccc(CN2CCOCC2)c1)c1ccc(N2CCc3ccccc3C2)cc1. The second-order valence-corrected chi connectivity index (χ2v) is 8.53. The molecule has 1 saturated heterocycles. The number of carbonyl (C=O) groups excluding carboxylic acids is 1. The van der Waals surface area contributed by atoms with Gasteiger partial charge in [0.1, 0.15) is 0 Å². The van der Waals surface area contributed by atoms with E-state index in [1.807, 2.05) is 24.3 Å². The fourth-order valence-electron chi connectivity index (χ4n) is 4.51. The lowest BCUT2D eigenvalue weighted by Crippen LogP contribution is -2.35. The van der Waals surface area contributed by atoms with Crippen LogP contribution in [-0.2, 0) is 24.2 Å². The zero-order valence-corrected chi connectivity index (χ0v) is 18.3. The van der Waals surface area contributed by atoms with Crippen LogP contribution in [0, 0.1) is 0 Å². The number of ether oxygens (including phenoxy) is 1. The standard InChI is InChI=1S/C27H29N3O2/c31-27(28-25-7-3-4-21(18-25)19-29-14-16-32-17-15-29)23-8-10-26(11-9-23)30-13-12-22-5-1-2-6-24(22)20-30/h1-11,18H,12-17,19-20H2,(H,28,31). The highest BCUT2D eigenvalue weighted by molar-refractivity contribution is 6.04. The highest BCUT2D eigenvalue weighted by Crippen LogP contribution is 2.25. The number of nitrogens with one attached hydrogen (secondary N) is 1. The van der Waals surface area contributed by atoms with Crippen LogP contribution in [0.25, 0.3) is 0 Å². The molecule has 164 valence electrons. The van der Waals surface area contributed by atoms with Crippen molar-refractivity contribution in [1.82, 2.24) is 4.90 Å². The molecular formula is C27H29N3O2. The van der Waals surface area contributed by atoms with Gasteiger partial charge in [-0.05, 0) is 59.5 Å². The third-order valence-electron chi connectivity index (χ3n) is 6.32. The van der Waals surface area contributed by atoms with Gasteiger partial charge in [-0.3, -0.25) is 9.69 Å². The first-order chi connectivity index (χ1) is 15.7. The number of carbonyl (C=O) groups is 1. The van der Waals surface area contributed by atoms with Crippen molar-refractivity contribution in [3.63, 3.8) is 0 Å². The number of hydrogen-bond donors (Lipinski definition) is 1. The molecule has 2 heterocycles. The van der Waals surface area contributed by atoms with Gasteiger partial charge in [-0.1, -0.05) is 36.4 Å². The van der Waals surface area contributed by atoms with E-state index in [0.717, 1.165) is 63.7 Å². The summed E-state index contributed by atoms with van der Waals surface area (Å²) in [7, 11) is 0. The molecule has 1 amide bonds. The molecule has 0 aromatic heterocycles. The predicted octanol–water partition coefficient (Wildman–Crippen LogP) is 4.33. The van der Waals surface area contributed by atoms with E-state index in [-0.39, 0.29) is 5.91 Å². The van der Waals surface area contributed by atoms with E-state index in [1.165, 1.54) is 16.7 Å². The van der Waals surface area contributed by atoms with Crippen molar-refractivity contribution in [3.8, 4) is 0 Å². The quantitative estimate of drug-likeness (QED) is 0.658. The summed E-state index contributed by atoms with van der Waals surface area (Å²) in [6.45, 7) is 6.26. The van der Waals surface area contributed by atoms with E-state index in [1.54, 1.807) is 0 Å². The van der Waals surface area contributed by atoms with Crippen molar-refractivity contribution in [2.75, 3.05) is 43.1 Å². The van der Waals surface area contributed by atoms with Crippen molar-refractivity contribution in [3.05, 3.63) is 95.1 Å². The minimum absolute atomic E-state index is 0.0796. The molecular weight excluding hydrogens is 398 g/mol. The van der Waals surface area contributed by atoms with Gasteiger partial charge in [0, 0.05) is 49.7 Å². The van der Waals surface area contributed by atoms with Crippen molar-refractivity contribution < 1.29 is 9.53 Å². The van der Waals surface area contributed by atoms with Crippen molar-refractivity contribution >= 4 is 17.3 Å². The summed E-state index contributed by atoms with van der Waals surface area (Å²) in [6.07, 6.45) is 1.05. The Morgan fingerprint density at radius 3 is 2.47 bits per heavy atom. The van der Waals surface area contributed by atoms with Gasteiger partial charge in [0.05, 0.1) is 13.2 Å². The Balaban J connectivity index is 1.21. The molecule has 0 saturated carbocycles. The van der Waals surface area contributed by atoms with E-state index < -0.39 is 0 Å². The van der Waals surface area contributed by atoms with Crippen LogP contribution in [0.4, 0.5) is 11.4 Å². The summed E-state index contributed by atoms with van der Waals surface area (Å²) >= 11 is 0. The lowest BCUT2D eigenvalue weighted by molar-refractivity contribution is 0.0342. The first-order valence-corrected chi connectivity index (χ1v) is 11.4. The van der Waals surface area contributed by atoms with E-state index in [4.69, 9.17) is 4.74 Å². The third-order valence-corrected chi connectivity index (χ3v) is 6.32. The van der Waals surface area contributed by atoms with Crippen LogP contribution in [0.3, 0.4) is 0 Å². The molecule has 0 spiro atoms. The van der Waals surface area contributed by atoms with E-state index in [2.05, 4.69) is 63.6 Å². The Bertz CT molecular complexity index is 1070. The van der Waals surface area contributed by atoms with Gasteiger partial charge in [0.25, 0.3) is 5.91 Å². The zero-order valence-electron chi connectivity index (χ0n) is 18.3. The number of anilines is 2. The molecule has 0 unspecified atom stereocenters. The van der Waals surface area contributed by atoms with Gasteiger partial charge < -0.3 is 15.0 Å². The Morgan fingerprint density at radius 1 is 0.875 bits per heavy atom. The summed E-state index contributed by atoms with van der Waals surface area (Å²) in [6, 6.07) is 24.7. The highest BCUT2D eigenvalue weighted by atomic mass is 16.5. The van der Waals surface area contributed by atoms with Gasteiger partial charge >= 0.3 is 0 Å². The summed E-state index contributed by atoms with van der Waals surface area (Å²) in [5.41, 5.74) is 6.68. The Hall–Kier alpha value is -3.15. The Kier molecular flexibility index (Phi) is 6.19. The van der Waals surface area contributed by atoms with Crippen LogP contribution in [0.5, 0.6) is 0 Å². The maximum atomic E-state index is 12.8. The van der Waals surface area contributed by atoms with Crippen LogP contribution in [0.1, 0.15) is 27.0 Å². The molecule has 3 aromatic carbocycles. The molecule has 1 N–H and O–H groups in total. The second kappa shape index (κ2) is 9.55. The molecule has 0 atom stereocenters. The summed E-state index contributed by atoms with van der Waals surface area (Å²) in [5, 5.41) is 3.05. The summed E-state index contributed by atoms with van der Waals surface area (Å²) in [4.78, 5) is 17.6. The summed E-state index contributed by atoms with van der Waals surface area (Å²) in [5.74, 6) is -0.0796. The molecule has 0 bridgehead atoms. The monoisotopic (exact) mass is 427 g/mol. The van der Waals surface area contributed by atoms with E-state index in [0.29, 0.717) is 5.56 Å². The maximum Gasteiger partial charge on any atom is 0.255 e. The summed E-state index contributed by atoms with van der Waals surface area (Å²) < 4.78 is 5.42. The first kappa shape index (κ1) is 20.7. The normalized spacial score (nSPS) is 16.4. The lowest BCUT2D eigenvalue weighted by Gasteiger charge is -2.30. The molecule has 2 aliphatic heterocycles. The fraction of sp³-hybridized carbons (Fsp3) is 0.296. The van der Waals surface area contributed by atoms with Crippen LogP contribution in [-0.4, -0.2) is 43.7 Å². The molecule has 5 rings (SSSR count). The molecule has 0 aliphatic carbocycles. The van der Waals surface area contributed by atoms with Gasteiger partial charge in [0.2, 0.25) is 0 Å². The molecule has 32 heavy (non-hydrogen) atoms. The number of nitrogens with zero attached hydrogens (tertiary/aromatic N) is 2. The smallest absolute Gasteiger partial charge is 0.255 e. The molecule has 5 heteroatoms. The van der Waals surface area contributed by atoms with Crippen LogP contribution in [0.2, 0.25) is 0 Å². The van der Waals surface area contributed by atoms with Crippen molar-refractivity contribution in [2.24, 2.45) is 0 Å². The average Bonchev–Trinajstić information content (AvgIpc) is 2.85. The fourth-order valence-corrected chi connectivity index (χ4v) is 4.51.